The van der Waals surface area contributed by atoms with Crippen LogP contribution in [0.5, 0.6) is 0 Å². The first-order chi connectivity index (χ1) is 8.24. The van der Waals surface area contributed by atoms with E-state index >= 15 is 0 Å². The number of hydrogen-bond donors (Lipinski definition) is 1. The van der Waals surface area contributed by atoms with Crippen molar-refractivity contribution in [3.05, 3.63) is 17.5 Å². The van der Waals surface area contributed by atoms with Crippen LogP contribution >= 0.6 is 0 Å². The van der Waals surface area contributed by atoms with Gasteiger partial charge in [-0.25, -0.2) is 0 Å². The van der Waals surface area contributed by atoms with Gasteiger partial charge in [-0.2, -0.15) is 5.10 Å². The van der Waals surface area contributed by atoms with Crippen molar-refractivity contribution in [2.75, 3.05) is 13.1 Å². The number of likely N-dealkylation sites (tertiary alicyclic amines) is 1. The van der Waals surface area contributed by atoms with Gasteiger partial charge in [0.1, 0.15) is 0 Å². The number of rotatable bonds is 4. The Morgan fingerprint density at radius 2 is 2.29 bits per heavy atom. The van der Waals surface area contributed by atoms with Crippen molar-refractivity contribution in [2.45, 2.75) is 52.2 Å². The molecule has 4 nitrogen and oxygen atoms in total. The Morgan fingerprint density at radius 1 is 1.47 bits per heavy atom. The molecule has 2 rings (SSSR count). The summed E-state index contributed by atoms with van der Waals surface area (Å²) in [6.45, 7) is 8.11. The predicted molar refractivity (Wildman–Crippen MR) is 69.7 cm³/mol. The molecule has 2 heterocycles. The maximum absolute atomic E-state index is 5.86. The predicted octanol–water partition coefficient (Wildman–Crippen LogP) is 1.52. The normalized spacial score (nSPS) is 21.9. The lowest BCUT2D eigenvalue weighted by Crippen LogP contribution is -2.43. The third kappa shape index (κ3) is 2.87. The molecule has 17 heavy (non-hydrogen) atoms. The average Bonchev–Trinajstić information content (AvgIpc) is 2.70. The van der Waals surface area contributed by atoms with Crippen LogP contribution in [0.1, 0.15) is 37.6 Å². The summed E-state index contributed by atoms with van der Waals surface area (Å²) in [6, 6.07) is 2.76. The highest BCUT2D eigenvalue weighted by atomic mass is 15.3. The van der Waals surface area contributed by atoms with E-state index in [9.17, 15) is 0 Å². The van der Waals surface area contributed by atoms with Crippen LogP contribution < -0.4 is 5.73 Å². The molecule has 1 aromatic heterocycles. The van der Waals surface area contributed by atoms with Crippen molar-refractivity contribution in [2.24, 2.45) is 5.73 Å². The van der Waals surface area contributed by atoms with Crippen LogP contribution in [-0.4, -0.2) is 33.8 Å². The summed E-state index contributed by atoms with van der Waals surface area (Å²) >= 11 is 0. The third-order valence-electron chi connectivity index (χ3n) is 3.67. The molecule has 1 aliphatic heterocycles. The Kier molecular flexibility index (Phi) is 4.18. The highest BCUT2D eigenvalue weighted by Crippen LogP contribution is 2.19. The van der Waals surface area contributed by atoms with E-state index < -0.39 is 0 Å². The smallest absolute Gasteiger partial charge is 0.0597 e. The maximum atomic E-state index is 5.86. The molecule has 1 aromatic rings. The van der Waals surface area contributed by atoms with Gasteiger partial charge in [-0.05, 0) is 39.3 Å². The second-order valence-corrected chi connectivity index (χ2v) is 4.95. The molecule has 96 valence electrons. The summed E-state index contributed by atoms with van der Waals surface area (Å²) in [5.41, 5.74) is 8.30. The van der Waals surface area contributed by atoms with Gasteiger partial charge in [0.2, 0.25) is 0 Å². The SMILES string of the molecule is CCn1nc(C)cc1CN1CCCCC1CN. The molecule has 0 saturated carbocycles. The minimum Gasteiger partial charge on any atom is -0.329 e. The van der Waals surface area contributed by atoms with Gasteiger partial charge in [-0.15, -0.1) is 0 Å². The molecule has 0 spiro atoms. The quantitative estimate of drug-likeness (QED) is 0.862. The number of hydrogen-bond acceptors (Lipinski definition) is 3. The van der Waals surface area contributed by atoms with Crippen molar-refractivity contribution in [1.29, 1.82) is 0 Å². The maximum Gasteiger partial charge on any atom is 0.0597 e. The lowest BCUT2D eigenvalue weighted by atomic mass is 10.0. The number of nitrogens with two attached hydrogens (primary N) is 1. The van der Waals surface area contributed by atoms with Crippen molar-refractivity contribution >= 4 is 0 Å². The molecule has 0 amide bonds. The van der Waals surface area contributed by atoms with E-state index in [1.807, 2.05) is 0 Å². The average molecular weight is 236 g/mol. The van der Waals surface area contributed by atoms with E-state index in [-0.39, 0.29) is 0 Å². The van der Waals surface area contributed by atoms with Crippen LogP contribution in [0.25, 0.3) is 0 Å². The van der Waals surface area contributed by atoms with Gasteiger partial charge in [-0.3, -0.25) is 9.58 Å². The monoisotopic (exact) mass is 236 g/mol. The van der Waals surface area contributed by atoms with E-state index in [4.69, 9.17) is 5.73 Å². The first kappa shape index (κ1) is 12.6. The van der Waals surface area contributed by atoms with E-state index in [2.05, 4.69) is 34.6 Å². The summed E-state index contributed by atoms with van der Waals surface area (Å²) < 4.78 is 2.11. The molecule has 0 aromatic carbocycles. The van der Waals surface area contributed by atoms with Crippen LogP contribution in [0.3, 0.4) is 0 Å². The minimum absolute atomic E-state index is 0.560. The number of piperidine rings is 1. The fraction of sp³-hybridized carbons (Fsp3) is 0.769. The topological polar surface area (TPSA) is 47.1 Å². The Hall–Kier alpha value is -0.870. The summed E-state index contributed by atoms with van der Waals surface area (Å²) in [6.07, 6.45) is 3.87. The van der Waals surface area contributed by atoms with Crippen molar-refractivity contribution in [3.8, 4) is 0 Å². The summed E-state index contributed by atoms with van der Waals surface area (Å²) in [5, 5.41) is 4.50. The van der Waals surface area contributed by atoms with Gasteiger partial charge in [0.05, 0.1) is 11.4 Å². The van der Waals surface area contributed by atoms with Crippen LogP contribution in [0, 0.1) is 6.92 Å². The largest absolute Gasteiger partial charge is 0.329 e. The Morgan fingerprint density at radius 3 is 3.00 bits per heavy atom. The second-order valence-electron chi connectivity index (χ2n) is 4.95. The zero-order chi connectivity index (χ0) is 12.3. The van der Waals surface area contributed by atoms with Crippen molar-refractivity contribution < 1.29 is 0 Å². The van der Waals surface area contributed by atoms with E-state index in [0.717, 1.165) is 25.3 Å². The van der Waals surface area contributed by atoms with Crippen LogP contribution in [0.15, 0.2) is 6.07 Å². The van der Waals surface area contributed by atoms with Gasteiger partial charge in [0.25, 0.3) is 0 Å². The van der Waals surface area contributed by atoms with Gasteiger partial charge >= 0.3 is 0 Å². The van der Waals surface area contributed by atoms with E-state index in [1.54, 1.807) is 0 Å². The van der Waals surface area contributed by atoms with Crippen LogP contribution in [0.4, 0.5) is 0 Å². The Bertz CT molecular complexity index is 358. The Labute approximate surface area is 104 Å². The standard InChI is InChI=1S/C13H24N4/c1-3-17-13(8-11(2)15-17)10-16-7-5-4-6-12(16)9-14/h8,12H,3-7,9-10,14H2,1-2H3. The fourth-order valence-corrected chi connectivity index (χ4v) is 2.74. The number of aromatic nitrogens is 2. The zero-order valence-electron chi connectivity index (χ0n) is 11.0. The first-order valence-electron chi connectivity index (χ1n) is 6.72. The summed E-state index contributed by atoms with van der Waals surface area (Å²) in [7, 11) is 0. The summed E-state index contributed by atoms with van der Waals surface area (Å²) in [5.74, 6) is 0. The van der Waals surface area contributed by atoms with Crippen molar-refractivity contribution in [3.63, 3.8) is 0 Å². The zero-order valence-corrected chi connectivity index (χ0v) is 11.0. The third-order valence-corrected chi connectivity index (χ3v) is 3.67. The molecule has 1 unspecified atom stereocenters. The van der Waals surface area contributed by atoms with Crippen LogP contribution in [0.2, 0.25) is 0 Å². The fourth-order valence-electron chi connectivity index (χ4n) is 2.74. The van der Waals surface area contributed by atoms with Gasteiger partial charge < -0.3 is 5.73 Å². The van der Waals surface area contributed by atoms with Crippen LogP contribution in [-0.2, 0) is 13.1 Å². The second kappa shape index (κ2) is 5.65. The lowest BCUT2D eigenvalue weighted by molar-refractivity contribution is 0.141. The molecule has 1 atom stereocenters. The molecule has 2 N–H and O–H groups in total. The number of nitrogens with zero attached hydrogens (tertiary/aromatic N) is 3. The minimum atomic E-state index is 0.560. The molecule has 4 heteroatoms. The molecule has 1 fully saturated rings. The molecule has 1 aliphatic rings. The van der Waals surface area contributed by atoms with E-state index in [1.165, 1.54) is 31.5 Å². The molecule has 0 bridgehead atoms. The molecular weight excluding hydrogens is 212 g/mol. The molecule has 0 radical (unpaired) electrons. The summed E-state index contributed by atoms with van der Waals surface area (Å²) in [4.78, 5) is 2.52. The molecule has 0 aliphatic carbocycles. The first-order valence-corrected chi connectivity index (χ1v) is 6.72. The van der Waals surface area contributed by atoms with Crippen molar-refractivity contribution in [1.82, 2.24) is 14.7 Å². The molecular formula is C13H24N4. The Balaban J connectivity index is 2.07. The molecule has 1 saturated heterocycles. The van der Waals surface area contributed by atoms with Gasteiger partial charge in [-0.1, -0.05) is 6.42 Å². The number of aryl methyl sites for hydroxylation is 2. The van der Waals surface area contributed by atoms with E-state index in [0.29, 0.717) is 6.04 Å². The highest BCUT2D eigenvalue weighted by Gasteiger charge is 2.22. The highest BCUT2D eigenvalue weighted by molar-refractivity contribution is 5.09. The van der Waals surface area contributed by atoms with Gasteiger partial charge in [0.15, 0.2) is 0 Å². The lowest BCUT2D eigenvalue weighted by Gasteiger charge is -2.34. The van der Waals surface area contributed by atoms with Gasteiger partial charge in [0, 0.05) is 25.7 Å².